The number of rotatable bonds is 5. The molecule has 0 spiro atoms. The quantitative estimate of drug-likeness (QED) is 0.739. The van der Waals surface area contributed by atoms with E-state index in [1.54, 1.807) is 19.1 Å². The van der Waals surface area contributed by atoms with Crippen molar-refractivity contribution in [3.8, 4) is 0 Å². The number of hydrogen-bond donors (Lipinski definition) is 3. The minimum absolute atomic E-state index is 0.253. The fourth-order valence-electron chi connectivity index (χ4n) is 1.48. The largest absolute Gasteiger partial charge is 0.480 e. The van der Waals surface area contributed by atoms with E-state index in [-0.39, 0.29) is 5.56 Å². The molecule has 0 saturated heterocycles. The monoisotopic (exact) mass is 284 g/mol. The van der Waals surface area contributed by atoms with E-state index in [0.29, 0.717) is 10.6 Å². The number of aliphatic carboxylic acids is 1. The van der Waals surface area contributed by atoms with Gasteiger partial charge in [0.15, 0.2) is 0 Å². The lowest BCUT2D eigenvalue weighted by Crippen LogP contribution is -2.43. The first-order valence-corrected chi connectivity index (χ1v) is 5.77. The molecular formula is C12H13ClN2O4. The average Bonchev–Trinajstić information content (AvgIpc) is 2.30. The molecule has 19 heavy (non-hydrogen) atoms. The molecule has 1 rings (SSSR count). The summed E-state index contributed by atoms with van der Waals surface area (Å²) in [5, 5.41) is 11.5. The molecule has 0 fully saturated rings. The maximum absolute atomic E-state index is 11.9. The molecule has 7 heteroatoms. The highest BCUT2D eigenvalue weighted by Gasteiger charge is 2.23. The molecular weight excluding hydrogens is 272 g/mol. The van der Waals surface area contributed by atoms with Crippen molar-refractivity contribution < 1.29 is 19.5 Å². The summed E-state index contributed by atoms with van der Waals surface area (Å²) >= 11 is 5.77. The van der Waals surface area contributed by atoms with Gasteiger partial charge in [0.05, 0.1) is 6.42 Å². The lowest BCUT2D eigenvalue weighted by molar-refractivity contribution is -0.140. The van der Waals surface area contributed by atoms with Gasteiger partial charge in [-0.2, -0.15) is 0 Å². The molecule has 0 bridgehead atoms. The SMILES string of the molecule is Cc1ccc(Cl)cc1C(=O)NC(CC(N)=O)C(=O)O. The Bertz CT molecular complexity index is 530. The Morgan fingerprint density at radius 1 is 1.42 bits per heavy atom. The van der Waals surface area contributed by atoms with Crippen molar-refractivity contribution in [1.29, 1.82) is 0 Å². The molecule has 6 nitrogen and oxygen atoms in total. The van der Waals surface area contributed by atoms with Gasteiger partial charge in [-0.05, 0) is 24.6 Å². The second-order valence-corrected chi connectivity index (χ2v) is 4.43. The standard InChI is InChI=1S/C12H13ClN2O4/c1-6-2-3-7(13)4-8(6)11(17)15-9(12(18)19)5-10(14)16/h2-4,9H,5H2,1H3,(H2,14,16)(H,15,17)(H,18,19). The Morgan fingerprint density at radius 2 is 2.05 bits per heavy atom. The van der Waals surface area contributed by atoms with Crippen molar-refractivity contribution in [2.24, 2.45) is 5.73 Å². The summed E-state index contributed by atoms with van der Waals surface area (Å²) in [6, 6.07) is 3.32. The van der Waals surface area contributed by atoms with Crippen LogP contribution in [-0.4, -0.2) is 28.9 Å². The van der Waals surface area contributed by atoms with E-state index in [9.17, 15) is 14.4 Å². The van der Waals surface area contributed by atoms with E-state index in [2.05, 4.69) is 5.32 Å². The van der Waals surface area contributed by atoms with Crippen LogP contribution in [-0.2, 0) is 9.59 Å². The summed E-state index contributed by atoms with van der Waals surface area (Å²) in [7, 11) is 0. The summed E-state index contributed by atoms with van der Waals surface area (Å²) in [4.78, 5) is 33.6. The van der Waals surface area contributed by atoms with Gasteiger partial charge in [0, 0.05) is 10.6 Å². The van der Waals surface area contributed by atoms with Crippen molar-refractivity contribution in [2.45, 2.75) is 19.4 Å². The topological polar surface area (TPSA) is 109 Å². The van der Waals surface area contributed by atoms with Crippen LogP contribution in [0.15, 0.2) is 18.2 Å². The molecule has 1 unspecified atom stereocenters. The van der Waals surface area contributed by atoms with Gasteiger partial charge < -0.3 is 16.2 Å². The van der Waals surface area contributed by atoms with E-state index in [0.717, 1.165) is 0 Å². The molecule has 2 amide bonds. The highest BCUT2D eigenvalue weighted by atomic mass is 35.5. The van der Waals surface area contributed by atoms with E-state index in [4.69, 9.17) is 22.4 Å². The number of carbonyl (C=O) groups excluding carboxylic acids is 2. The molecule has 0 aromatic heterocycles. The number of aryl methyl sites for hydroxylation is 1. The van der Waals surface area contributed by atoms with Crippen LogP contribution in [0, 0.1) is 6.92 Å². The number of halogens is 1. The van der Waals surface area contributed by atoms with Gasteiger partial charge >= 0.3 is 5.97 Å². The third-order valence-corrected chi connectivity index (χ3v) is 2.69. The van der Waals surface area contributed by atoms with Crippen molar-refractivity contribution in [1.82, 2.24) is 5.32 Å². The van der Waals surface area contributed by atoms with Gasteiger partial charge in [-0.25, -0.2) is 4.79 Å². The summed E-state index contributed by atoms with van der Waals surface area (Å²) in [6.07, 6.45) is -0.472. The Kier molecular flexibility index (Phi) is 4.88. The van der Waals surface area contributed by atoms with Gasteiger partial charge in [-0.3, -0.25) is 9.59 Å². The molecule has 1 atom stereocenters. The average molecular weight is 285 g/mol. The second kappa shape index (κ2) is 6.19. The zero-order valence-corrected chi connectivity index (χ0v) is 10.9. The molecule has 102 valence electrons. The third-order valence-electron chi connectivity index (χ3n) is 2.45. The number of primary amides is 1. The Labute approximate surface area is 114 Å². The van der Waals surface area contributed by atoms with Crippen molar-refractivity contribution in [3.63, 3.8) is 0 Å². The normalized spacial score (nSPS) is 11.7. The number of carbonyl (C=O) groups is 3. The van der Waals surface area contributed by atoms with Gasteiger partial charge in [-0.15, -0.1) is 0 Å². The Balaban J connectivity index is 2.90. The zero-order chi connectivity index (χ0) is 14.6. The first-order chi connectivity index (χ1) is 8.81. The van der Waals surface area contributed by atoms with Crippen LogP contribution in [0.25, 0.3) is 0 Å². The van der Waals surface area contributed by atoms with Gasteiger partial charge in [-0.1, -0.05) is 17.7 Å². The van der Waals surface area contributed by atoms with Crippen LogP contribution < -0.4 is 11.1 Å². The van der Waals surface area contributed by atoms with Gasteiger partial charge in [0.1, 0.15) is 6.04 Å². The highest BCUT2D eigenvalue weighted by Crippen LogP contribution is 2.15. The number of amides is 2. The van der Waals surface area contributed by atoms with Crippen LogP contribution in [0.3, 0.4) is 0 Å². The van der Waals surface area contributed by atoms with Crippen LogP contribution in [0.1, 0.15) is 22.3 Å². The number of hydrogen-bond acceptors (Lipinski definition) is 3. The number of benzene rings is 1. The lowest BCUT2D eigenvalue weighted by atomic mass is 10.1. The maximum atomic E-state index is 11.9. The smallest absolute Gasteiger partial charge is 0.326 e. The van der Waals surface area contributed by atoms with Gasteiger partial charge in [0.25, 0.3) is 5.91 Å². The summed E-state index contributed by atoms with van der Waals surface area (Å²) in [5.74, 6) is -2.75. The first kappa shape index (κ1) is 15.0. The summed E-state index contributed by atoms with van der Waals surface area (Å²) < 4.78 is 0. The zero-order valence-electron chi connectivity index (χ0n) is 10.1. The third kappa shape index (κ3) is 4.26. The fraction of sp³-hybridized carbons (Fsp3) is 0.250. The maximum Gasteiger partial charge on any atom is 0.326 e. The van der Waals surface area contributed by atoms with Crippen LogP contribution >= 0.6 is 11.6 Å². The Hall–Kier alpha value is -2.08. The number of carboxylic acid groups (broad SMARTS) is 1. The highest BCUT2D eigenvalue weighted by molar-refractivity contribution is 6.31. The lowest BCUT2D eigenvalue weighted by Gasteiger charge is -2.14. The van der Waals surface area contributed by atoms with Gasteiger partial charge in [0.2, 0.25) is 5.91 Å². The molecule has 0 saturated carbocycles. The number of carboxylic acids is 1. The molecule has 0 aliphatic heterocycles. The Morgan fingerprint density at radius 3 is 2.58 bits per heavy atom. The molecule has 0 aliphatic rings. The predicted octanol–water partition coefficient (Wildman–Crippen LogP) is 0.707. The van der Waals surface area contributed by atoms with E-state index >= 15 is 0 Å². The second-order valence-electron chi connectivity index (χ2n) is 3.99. The van der Waals surface area contributed by atoms with E-state index < -0.39 is 30.2 Å². The van der Waals surface area contributed by atoms with Crippen molar-refractivity contribution in [3.05, 3.63) is 34.3 Å². The first-order valence-electron chi connectivity index (χ1n) is 5.39. The van der Waals surface area contributed by atoms with E-state index in [1.165, 1.54) is 6.07 Å². The fourth-order valence-corrected chi connectivity index (χ4v) is 1.65. The van der Waals surface area contributed by atoms with E-state index in [1.807, 2.05) is 0 Å². The van der Waals surface area contributed by atoms with Crippen LogP contribution in [0.2, 0.25) is 5.02 Å². The molecule has 4 N–H and O–H groups in total. The molecule has 1 aromatic carbocycles. The van der Waals surface area contributed by atoms with Crippen molar-refractivity contribution >= 4 is 29.4 Å². The summed E-state index contributed by atoms with van der Waals surface area (Å²) in [5.41, 5.74) is 5.82. The minimum Gasteiger partial charge on any atom is -0.480 e. The molecule has 1 aromatic rings. The summed E-state index contributed by atoms with van der Waals surface area (Å²) in [6.45, 7) is 1.69. The molecule has 0 heterocycles. The predicted molar refractivity (Wildman–Crippen MR) is 68.9 cm³/mol. The molecule has 0 aliphatic carbocycles. The van der Waals surface area contributed by atoms with Crippen LogP contribution in [0.4, 0.5) is 0 Å². The number of nitrogens with one attached hydrogen (secondary N) is 1. The van der Waals surface area contributed by atoms with Crippen LogP contribution in [0.5, 0.6) is 0 Å². The molecule has 0 radical (unpaired) electrons. The van der Waals surface area contributed by atoms with Crippen molar-refractivity contribution in [2.75, 3.05) is 0 Å². The minimum atomic E-state index is -1.36. The number of nitrogens with two attached hydrogens (primary N) is 1.